The highest BCUT2D eigenvalue weighted by Crippen LogP contribution is 2.17. The maximum Gasteiger partial charge on any atom is 0.238 e. The van der Waals surface area contributed by atoms with Gasteiger partial charge in [0.15, 0.2) is 9.84 Å². The van der Waals surface area contributed by atoms with Gasteiger partial charge in [0.25, 0.3) is 0 Å². The van der Waals surface area contributed by atoms with Gasteiger partial charge in [0, 0.05) is 23.0 Å². The van der Waals surface area contributed by atoms with Crippen LogP contribution in [-0.4, -0.2) is 27.1 Å². The van der Waals surface area contributed by atoms with E-state index in [0.717, 1.165) is 11.8 Å². The highest BCUT2D eigenvalue weighted by atomic mass is 35.5. The third-order valence-electron chi connectivity index (χ3n) is 3.46. The third kappa shape index (κ3) is 5.33. The first kappa shape index (κ1) is 18.4. The molecule has 2 aromatic rings. The van der Waals surface area contributed by atoms with E-state index in [0.29, 0.717) is 10.7 Å². The van der Waals surface area contributed by atoms with E-state index < -0.39 is 9.84 Å². The molecule has 0 radical (unpaired) electrons. The Balaban J connectivity index is 1.94. The summed E-state index contributed by atoms with van der Waals surface area (Å²) < 4.78 is 23.1. The van der Waals surface area contributed by atoms with E-state index in [1.54, 1.807) is 18.2 Å². The maximum absolute atomic E-state index is 12.0. The van der Waals surface area contributed by atoms with Gasteiger partial charge in [-0.15, -0.1) is 0 Å². The summed E-state index contributed by atoms with van der Waals surface area (Å²) >= 11 is 5.95. The molecule has 0 fully saturated rings. The lowest BCUT2D eigenvalue weighted by Crippen LogP contribution is -2.30. The Hall–Kier alpha value is -1.89. The summed E-state index contributed by atoms with van der Waals surface area (Å²) in [7, 11) is -3.31. The van der Waals surface area contributed by atoms with Crippen molar-refractivity contribution in [1.29, 1.82) is 0 Å². The van der Waals surface area contributed by atoms with Gasteiger partial charge in [0.2, 0.25) is 5.91 Å². The molecule has 0 aromatic heterocycles. The van der Waals surface area contributed by atoms with E-state index in [1.807, 2.05) is 25.1 Å². The van der Waals surface area contributed by atoms with Crippen LogP contribution in [0.15, 0.2) is 53.4 Å². The van der Waals surface area contributed by atoms with E-state index in [-0.39, 0.29) is 23.4 Å². The summed E-state index contributed by atoms with van der Waals surface area (Å²) in [6.07, 6.45) is 1.13. The molecule has 128 valence electrons. The summed E-state index contributed by atoms with van der Waals surface area (Å²) in [4.78, 5) is 12.2. The molecule has 0 spiro atoms. The van der Waals surface area contributed by atoms with Crippen molar-refractivity contribution in [2.24, 2.45) is 0 Å². The molecule has 0 aliphatic carbocycles. The zero-order valence-electron chi connectivity index (χ0n) is 13.4. The lowest BCUT2D eigenvalue weighted by atomic mass is 10.1. The smallest absolute Gasteiger partial charge is 0.238 e. The first-order valence-electron chi connectivity index (χ1n) is 7.34. The number of anilines is 1. The Morgan fingerprint density at radius 2 is 1.88 bits per heavy atom. The molecule has 7 heteroatoms. The second-order valence-corrected chi connectivity index (χ2v) is 7.96. The average Bonchev–Trinajstić information content (AvgIpc) is 2.52. The molecule has 2 N–H and O–H groups in total. The van der Waals surface area contributed by atoms with Gasteiger partial charge in [-0.3, -0.25) is 4.79 Å². The molecule has 1 amide bonds. The predicted molar refractivity (Wildman–Crippen MR) is 96.1 cm³/mol. The molecular formula is C17H19ClN2O3S. The van der Waals surface area contributed by atoms with Gasteiger partial charge in [-0.1, -0.05) is 29.8 Å². The molecule has 0 unspecified atom stereocenters. The fourth-order valence-corrected chi connectivity index (χ4v) is 3.01. The minimum absolute atomic E-state index is 0.0446. The van der Waals surface area contributed by atoms with Crippen LogP contribution in [0, 0.1) is 0 Å². The Morgan fingerprint density at radius 3 is 2.54 bits per heavy atom. The average molecular weight is 367 g/mol. The summed E-state index contributed by atoms with van der Waals surface area (Å²) in [6, 6.07) is 13.5. The van der Waals surface area contributed by atoms with Gasteiger partial charge in [0.1, 0.15) is 0 Å². The number of rotatable bonds is 6. The standard InChI is InChI=1S/C17H19ClN2O3S/c1-12(13-5-3-6-14(18)9-13)19-11-17(21)20-15-7-4-8-16(10-15)24(2,22)23/h3-10,12,19H,11H2,1-2H3,(H,20,21)/t12-/m0/s1. The zero-order chi connectivity index (χ0) is 17.7. The van der Waals surface area contributed by atoms with Gasteiger partial charge < -0.3 is 10.6 Å². The lowest BCUT2D eigenvalue weighted by molar-refractivity contribution is -0.115. The second-order valence-electron chi connectivity index (χ2n) is 5.51. The molecule has 5 nitrogen and oxygen atoms in total. The highest BCUT2D eigenvalue weighted by Gasteiger charge is 2.11. The van der Waals surface area contributed by atoms with E-state index in [2.05, 4.69) is 10.6 Å². The van der Waals surface area contributed by atoms with Crippen molar-refractivity contribution >= 4 is 33.0 Å². The van der Waals surface area contributed by atoms with Gasteiger partial charge in [-0.25, -0.2) is 8.42 Å². The van der Waals surface area contributed by atoms with Gasteiger partial charge >= 0.3 is 0 Å². The molecule has 0 aliphatic heterocycles. The van der Waals surface area contributed by atoms with Crippen molar-refractivity contribution in [3.05, 3.63) is 59.1 Å². The van der Waals surface area contributed by atoms with E-state index in [1.165, 1.54) is 12.1 Å². The van der Waals surface area contributed by atoms with Crippen molar-refractivity contribution in [2.75, 3.05) is 18.1 Å². The van der Waals surface area contributed by atoms with E-state index in [4.69, 9.17) is 11.6 Å². The van der Waals surface area contributed by atoms with Crippen LogP contribution in [0.25, 0.3) is 0 Å². The molecule has 1 atom stereocenters. The molecule has 0 bridgehead atoms. The van der Waals surface area contributed by atoms with Crippen LogP contribution in [0.1, 0.15) is 18.5 Å². The van der Waals surface area contributed by atoms with Crippen molar-refractivity contribution in [2.45, 2.75) is 17.9 Å². The summed E-state index contributed by atoms with van der Waals surface area (Å²) in [6.45, 7) is 2.03. The molecule has 0 heterocycles. The number of sulfone groups is 1. The Bertz CT molecular complexity index is 837. The second kappa shape index (κ2) is 7.79. The molecule has 0 saturated heterocycles. The number of halogens is 1. The number of nitrogens with one attached hydrogen (secondary N) is 2. The zero-order valence-corrected chi connectivity index (χ0v) is 15.0. The first-order chi connectivity index (χ1) is 11.3. The highest BCUT2D eigenvalue weighted by molar-refractivity contribution is 7.90. The van der Waals surface area contributed by atoms with Crippen LogP contribution in [0.5, 0.6) is 0 Å². The van der Waals surface area contributed by atoms with E-state index >= 15 is 0 Å². The van der Waals surface area contributed by atoms with Crippen LogP contribution in [0.2, 0.25) is 5.02 Å². The SMILES string of the molecule is C[C@H](NCC(=O)Nc1cccc(S(C)(=O)=O)c1)c1cccc(Cl)c1. The Morgan fingerprint density at radius 1 is 1.17 bits per heavy atom. The number of hydrogen-bond acceptors (Lipinski definition) is 4. The number of carbonyl (C=O) groups excluding carboxylic acids is 1. The van der Waals surface area contributed by atoms with Crippen LogP contribution < -0.4 is 10.6 Å². The number of benzene rings is 2. The fourth-order valence-electron chi connectivity index (χ4n) is 2.15. The lowest BCUT2D eigenvalue weighted by Gasteiger charge is -2.14. The van der Waals surface area contributed by atoms with Crippen LogP contribution in [0.3, 0.4) is 0 Å². The van der Waals surface area contributed by atoms with Crippen molar-refractivity contribution in [3.8, 4) is 0 Å². The number of amides is 1. The molecule has 2 aromatic carbocycles. The largest absolute Gasteiger partial charge is 0.325 e. The van der Waals surface area contributed by atoms with Gasteiger partial charge in [-0.2, -0.15) is 0 Å². The maximum atomic E-state index is 12.0. The monoisotopic (exact) mass is 366 g/mol. The molecule has 24 heavy (non-hydrogen) atoms. The topological polar surface area (TPSA) is 75.3 Å². The minimum Gasteiger partial charge on any atom is -0.325 e. The Labute approximate surface area is 147 Å². The number of hydrogen-bond donors (Lipinski definition) is 2. The predicted octanol–water partition coefficient (Wildman–Crippen LogP) is 3.03. The number of carbonyl (C=O) groups is 1. The van der Waals surface area contributed by atoms with Crippen molar-refractivity contribution in [3.63, 3.8) is 0 Å². The summed E-state index contributed by atoms with van der Waals surface area (Å²) in [5, 5.41) is 6.42. The van der Waals surface area contributed by atoms with Gasteiger partial charge in [0.05, 0.1) is 11.4 Å². The quantitative estimate of drug-likeness (QED) is 0.824. The van der Waals surface area contributed by atoms with Gasteiger partial charge in [-0.05, 0) is 42.8 Å². The summed E-state index contributed by atoms with van der Waals surface area (Å²) in [5.74, 6) is -0.255. The van der Waals surface area contributed by atoms with Crippen molar-refractivity contribution in [1.82, 2.24) is 5.32 Å². The normalized spacial score (nSPS) is 12.6. The molecule has 0 saturated carbocycles. The molecule has 2 rings (SSSR count). The van der Waals surface area contributed by atoms with Crippen LogP contribution in [0.4, 0.5) is 5.69 Å². The molecular weight excluding hydrogens is 348 g/mol. The van der Waals surface area contributed by atoms with Crippen LogP contribution >= 0.6 is 11.6 Å². The van der Waals surface area contributed by atoms with E-state index in [9.17, 15) is 13.2 Å². The minimum atomic E-state index is -3.31. The Kier molecular flexibility index (Phi) is 5.99. The third-order valence-corrected chi connectivity index (χ3v) is 4.81. The summed E-state index contributed by atoms with van der Waals surface area (Å²) in [5.41, 5.74) is 1.43. The molecule has 0 aliphatic rings. The van der Waals surface area contributed by atoms with Crippen LogP contribution in [-0.2, 0) is 14.6 Å². The fraction of sp³-hybridized carbons (Fsp3) is 0.235. The van der Waals surface area contributed by atoms with Crippen molar-refractivity contribution < 1.29 is 13.2 Å². The first-order valence-corrected chi connectivity index (χ1v) is 9.61.